The number of alkyl halides is 3. The largest absolute Gasteiger partial charge is 0.478 e. The van der Waals surface area contributed by atoms with E-state index in [1.807, 2.05) is 30.3 Å². The van der Waals surface area contributed by atoms with Crippen LogP contribution in [0.2, 0.25) is 0 Å². The smallest absolute Gasteiger partial charge is 0.416 e. The predicted molar refractivity (Wildman–Crippen MR) is 130 cm³/mol. The monoisotopic (exact) mass is 514 g/mol. The number of benzene rings is 3. The third kappa shape index (κ3) is 7.91. The molecule has 0 heterocycles. The van der Waals surface area contributed by atoms with Crippen LogP contribution >= 0.6 is 0 Å². The Hall–Kier alpha value is -4.18. The molecule has 0 spiro atoms. The fourth-order valence-corrected chi connectivity index (χ4v) is 3.08. The molecule has 194 valence electrons. The van der Waals surface area contributed by atoms with Crippen LogP contribution in [-0.4, -0.2) is 28.8 Å². The Bertz CT molecular complexity index is 1230. The number of amides is 1. The third-order valence-electron chi connectivity index (χ3n) is 5.22. The Kier molecular flexibility index (Phi) is 8.67. The Morgan fingerprint density at radius 3 is 2.16 bits per heavy atom. The van der Waals surface area contributed by atoms with Crippen molar-refractivity contribution < 1.29 is 37.3 Å². The molecule has 10 heteroatoms. The second-order valence-electron chi connectivity index (χ2n) is 8.50. The van der Waals surface area contributed by atoms with Crippen LogP contribution in [0.25, 0.3) is 0 Å². The summed E-state index contributed by atoms with van der Waals surface area (Å²) >= 11 is 0. The van der Waals surface area contributed by atoms with E-state index >= 15 is 0 Å². The Balaban J connectivity index is 1.64. The number of hydrogen-bond acceptors (Lipinski definition) is 5. The summed E-state index contributed by atoms with van der Waals surface area (Å²) < 4.78 is 49.6. The lowest BCUT2D eigenvalue weighted by molar-refractivity contribution is -0.152. The van der Waals surface area contributed by atoms with Crippen LogP contribution < -0.4 is 10.2 Å². The lowest BCUT2D eigenvalue weighted by atomic mass is 10.1. The van der Waals surface area contributed by atoms with E-state index in [0.29, 0.717) is 5.75 Å². The number of carboxylic acids is 1. The van der Waals surface area contributed by atoms with Gasteiger partial charge < -0.3 is 14.6 Å². The highest BCUT2D eigenvalue weighted by atomic mass is 19.4. The van der Waals surface area contributed by atoms with Crippen LogP contribution in [0.15, 0.2) is 84.0 Å². The van der Waals surface area contributed by atoms with E-state index in [-0.39, 0.29) is 12.2 Å². The zero-order valence-corrected chi connectivity index (χ0v) is 20.0. The number of hydrazone groups is 1. The van der Waals surface area contributed by atoms with Crippen LogP contribution in [0, 0.1) is 0 Å². The van der Waals surface area contributed by atoms with Gasteiger partial charge in [-0.25, -0.2) is 10.2 Å². The number of ether oxygens (including phenoxy) is 2. The van der Waals surface area contributed by atoms with Gasteiger partial charge in [-0.15, -0.1) is 0 Å². The fourth-order valence-electron chi connectivity index (χ4n) is 3.08. The summed E-state index contributed by atoms with van der Waals surface area (Å²) in [4.78, 5) is 23.5. The van der Waals surface area contributed by atoms with Crippen LogP contribution in [0.5, 0.6) is 5.75 Å². The van der Waals surface area contributed by atoms with E-state index in [9.17, 15) is 27.9 Å². The molecule has 3 aromatic carbocycles. The summed E-state index contributed by atoms with van der Waals surface area (Å²) in [5.41, 5.74) is 1.64. The number of hydrogen-bond donors (Lipinski definition) is 2. The number of carbonyl (C=O) groups excluding carboxylic acids is 1. The first-order valence-corrected chi connectivity index (χ1v) is 11.1. The fraction of sp³-hybridized carbons (Fsp3) is 0.222. The highest BCUT2D eigenvalue weighted by Crippen LogP contribution is 2.29. The first-order chi connectivity index (χ1) is 17.5. The Morgan fingerprint density at radius 1 is 0.973 bits per heavy atom. The quantitative estimate of drug-likeness (QED) is 0.270. The zero-order valence-electron chi connectivity index (χ0n) is 20.0. The molecule has 0 fully saturated rings. The number of carboxylic acid groups (broad SMARTS) is 1. The maximum absolute atomic E-state index is 12.7. The third-order valence-corrected chi connectivity index (χ3v) is 5.22. The van der Waals surface area contributed by atoms with Gasteiger partial charge in [-0.2, -0.15) is 18.3 Å². The molecule has 37 heavy (non-hydrogen) atoms. The molecule has 0 aliphatic heterocycles. The molecule has 2 N–H and O–H groups in total. The van der Waals surface area contributed by atoms with Crippen LogP contribution in [-0.2, 0) is 22.3 Å². The molecule has 0 aliphatic rings. The van der Waals surface area contributed by atoms with Crippen LogP contribution in [0.1, 0.15) is 47.0 Å². The molecule has 0 bridgehead atoms. The maximum Gasteiger partial charge on any atom is 0.416 e. The molecule has 3 aromatic rings. The van der Waals surface area contributed by atoms with E-state index < -0.39 is 35.3 Å². The van der Waals surface area contributed by atoms with E-state index in [2.05, 4.69) is 10.5 Å². The van der Waals surface area contributed by atoms with Gasteiger partial charge in [0.05, 0.1) is 18.4 Å². The lowest BCUT2D eigenvalue weighted by Crippen LogP contribution is -2.37. The molecule has 7 nitrogen and oxygen atoms in total. The van der Waals surface area contributed by atoms with Crippen LogP contribution in [0.3, 0.4) is 0 Å². The summed E-state index contributed by atoms with van der Waals surface area (Å²) in [6.07, 6.45) is -3.75. The van der Waals surface area contributed by atoms with Crippen molar-refractivity contribution in [3.63, 3.8) is 0 Å². The summed E-state index contributed by atoms with van der Waals surface area (Å²) in [6.45, 7) is 3.07. The van der Waals surface area contributed by atoms with Crippen molar-refractivity contribution in [1.29, 1.82) is 0 Å². The van der Waals surface area contributed by atoms with Crippen molar-refractivity contribution in [2.45, 2.75) is 38.3 Å². The van der Waals surface area contributed by atoms with E-state index in [0.717, 1.165) is 35.4 Å². The van der Waals surface area contributed by atoms with Crippen LogP contribution in [0.4, 0.5) is 13.2 Å². The number of nitrogens with one attached hydrogen (secondary N) is 1. The van der Waals surface area contributed by atoms with Crippen molar-refractivity contribution in [2.75, 3.05) is 0 Å². The minimum Gasteiger partial charge on any atom is -0.478 e. The summed E-state index contributed by atoms with van der Waals surface area (Å²) in [7, 11) is 0. The van der Waals surface area contributed by atoms with Crippen molar-refractivity contribution in [2.24, 2.45) is 5.10 Å². The maximum atomic E-state index is 12.7. The molecule has 1 atom stereocenters. The molecule has 3 rings (SSSR count). The second kappa shape index (κ2) is 11.7. The molecular weight excluding hydrogens is 489 g/mol. The van der Waals surface area contributed by atoms with Gasteiger partial charge in [0.2, 0.25) is 0 Å². The van der Waals surface area contributed by atoms with Crippen molar-refractivity contribution >= 4 is 18.1 Å². The summed E-state index contributed by atoms with van der Waals surface area (Å²) in [5.74, 6) is -1.37. The number of rotatable bonds is 10. The Morgan fingerprint density at radius 2 is 1.59 bits per heavy atom. The molecule has 0 aromatic heterocycles. The van der Waals surface area contributed by atoms with Crippen molar-refractivity contribution in [3.05, 3.63) is 101 Å². The predicted octanol–water partition coefficient (Wildman–Crippen LogP) is 5.62. The van der Waals surface area contributed by atoms with E-state index in [1.54, 1.807) is 24.3 Å². The normalized spacial score (nSPS) is 12.8. The molecule has 0 saturated heterocycles. The standard InChI is InChI=1S/C27H25F3N2O5/c1-26(2,25(34)35)37-22-14-8-18(9-15-22)17-36-23(19-6-4-3-5-7-19)16-31-32-24(33)20-10-12-21(13-11-20)27(28,29)30/h3-16,23H,17H2,1-2H3,(H,32,33)(H,34,35)/b31-16+. The van der Waals surface area contributed by atoms with Crippen molar-refractivity contribution in [3.8, 4) is 5.75 Å². The van der Waals surface area contributed by atoms with Gasteiger partial charge in [0.1, 0.15) is 11.9 Å². The lowest BCUT2D eigenvalue weighted by Gasteiger charge is -2.21. The van der Waals surface area contributed by atoms with Gasteiger partial charge in [0.15, 0.2) is 5.60 Å². The molecule has 0 aliphatic carbocycles. The van der Waals surface area contributed by atoms with Crippen molar-refractivity contribution in [1.82, 2.24) is 5.43 Å². The number of aliphatic carboxylic acids is 1. The van der Waals surface area contributed by atoms with Gasteiger partial charge in [-0.05, 0) is 61.4 Å². The van der Waals surface area contributed by atoms with Gasteiger partial charge in [-0.1, -0.05) is 42.5 Å². The molecule has 1 unspecified atom stereocenters. The number of carbonyl (C=O) groups is 2. The van der Waals surface area contributed by atoms with Gasteiger partial charge in [0, 0.05) is 5.56 Å². The van der Waals surface area contributed by atoms with Gasteiger partial charge in [-0.3, -0.25) is 4.79 Å². The topological polar surface area (TPSA) is 97.2 Å². The average Bonchev–Trinajstić information content (AvgIpc) is 2.86. The number of halogens is 3. The van der Waals surface area contributed by atoms with E-state index in [1.165, 1.54) is 20.1 Å². The van der Waals surface area contributed by atoms with Gasteiger partial charge in [0.25, 0.3) is 5.91 Å². The SMILES string of the molecule is CC(C)(Oc1ccc(COC(/C=N/NC(=O)c2ccc(C(F)(F)F)cc2)c2ccccc2)cc1)C(=O)O. The minimum absolute atomic E-state index is 0.0238. The highest BCUT2D eigenvalue weighted by molar-refractivity contribution is 5.94. The minimum atomic E-state index is -4.49. The number of nitrogens with zero attached hydrogens (tertiary/aromatic N) is 1. The van der Waals surface area contributed by atoms with E-state index in [4.69, 9.17) is 9.47 Å². The first kappa shape index (κ1) is 27.4. The Labute approximate surface area is 211 Å². The highest BCUT2D eigenvalue weighted by Gasteiger charge is 2.30. The first-order valence-electron chi connectivity index (χ1n) is 11.1. The molecule has 0 saturated carbocycles. The summed E-state index contributed by atoms with van der Waals surface area (Å²) in [6, 6.07) is 19.7. The molecule has 1 amide bonds. The molecule has 0 radical (unpaired) electrons. The zero-order chi connectivity index (χ0) is 27.1. The van der Waals surface area contributed by atoms with Gasteiger partial charge >= 0.3 is 12.1 Å². The summed E-state index contributed by atoms with van der Waals surface area (Å²) in [5, 5.41) is 13.1. The average molecular weight is 515 g/mol. The molecular formula is C27H25F3N2O5. The second-order valence-corrected chi connectivity index (χ2v) is 8.50.